The molecule has 0 bridgehead atoms. The van der Waals surface area contributed by atoms with E-state index in [1.807, 2.05) is 37.5 Å². The number of ketones is 1. The third kappa shape index (κ3) is 2.79. The van der Waals surface area contributed by atoms with Crippen LogP contribution in [0.2, 0.25) is 0 Å². The number of aromatic nitrogens is 4. The van der Waals surface area contributed by atoms with Crippen molar-refractivity contribution < 1.29 is 9.59 Å². The normalized spacial score (nSPS) is 14.5. The molecule has 1 aliphatic heterocycles. The van der Waals surface area contributed by atoms with Crippen LogP contribution in [0.3, 0.4) is 0 Å². The molecule has 0 saturated carbocycles. The number of para-hydroxylation sites is 2. The van der Waals surface area contributed by atoms with E-state index in [9.17, 15) is 9.59 Å². The second-order valence-corrected chi connectivity index (χ2v) is 7.08. The van der Waals surface area contributed by atoms with Crippen LogP contribution >= 0.6 is 0 Å². The number of benzene rings is 2. The molecule has 0 spiro atoms. The van der Waals surface area contributed by atoms with Crippen molar-refractivity contribution in [1.82, 2.24) is 19.7 Å². The fraction of sp³-hybridized carbons (Fsp3) is 0.0870. The van der Waals surface area contributed by atoms with Crippen LogP contribution in [0.5, 0.6) is 0 Å². The van der Waals surface area contributed by atoms with E-state index >= 15 is 0 Å². The average Bonchev–Trinajstić information content (AvgIpc) is 3.29. The molecule has 0 unspecified atom stereocenters. The fourth-order valence-electron chi connectivity index (χ4n) is 3.74. The van der Waals surface area contributed by atoms with Gasteiger partial charge in [0.15, 0.2) is 5.82 Å². The Morgan fingerprint density at radius 1 is 1.03 bits per heavy atom. The molecule has 7 nitrogen and oxygen atoms in total. The van der Waals surface area contributed by atoms with E-state index in [2.05, 4.69) is 10.1 Å². The van der Waals surface area contributed by atoms with Gasteiger partial charge >= 0.3 is 0 Å². The largest absolute Gasteiger partial charge is 0.287 e. The van der Waals surface area contributed by atoms with Gasteiger partial charge in [0.05, 0.1) is 23.1 Å². The van der Waals surface area contributed by atoms with Gasteiger partial charge in [0.25, 0.3) is 0 Å². The van der Waals surface area contributed by atoms with E-state index in [1.54, 1.807) is 41.2 Å². The number of anilines is 1. The van der Waals surface area contributed by atoms with Gasteiger partial charge in [-0.3, -0.25) is 19.2 Å². The zero-order valence-corrected chi connectivity index (χ0v) is 16.4. The number of Topliss-reactive ketones (excluding diaryl/α,β-unsaturated/α-hetero) is 1. The van der Waals surface area contributed by atoms with Crippen LogP contribution in [-0.4, -0.2) is 31.4 Å². The maximum atomic E-state index is 13.0. The van der Waals surface area contributed by atoms with Crippen molar-refractivity contribution in [2.24, 2.45) is 7.05 Å². The van der Waals surface area contributed by atoms with Crippen LogP contribution in [0.1, 0.15) is 23.1 Å². The first kappa shape index (κ1) is 17.9. The van der Waals surface area contributed by atoms with Crippen LogP contribution in [0.15, 0.2) is 66.6 Å². The quantitative estimate of drug-likeness (QED) is 0.484. The first-order valence-electron chi connectivity index (χ1n) is 9.45. The number of rotatable bonds is 2. The van der Waals surface area contributed by atoms with Gasteiger partial charge < -0.3 is 0 Å². The number of fused-ring (bicyclic) bond motifs is 2. The van der Waals surface area contributed by atoms with Gasteiger partial charge in [-0.25, -0.2) is 9.97 Å². The lowest BCUT2D eigenvalue weighted by atomic mass is 10.1. The highest BCUT2D eigenvalue weighted by molar-refractivity contribution is 6.26. The summed E-state index contributed by atoms with van der Waals surface area (Å²) in [5, 5.41) is 5.13. The Bertz CT molecular complexity index is 1370. The third-order valence-electron chi connectivity index (χ3n) is 5.04. The van der Waals surface area contributed by atoms with Gasteiger partial charge in [-0.15, -0.1) is 0 Å². The molecule has 0 atom stereocenters. The number of allylic oxidation sites excluding steroid dienone is 1. The summed E-state index contributed by atoms with van der Waals surface area (Å²) in [7, 11) is 1.84. The lowest BCUT2D eigenvalue weighted by molar-refractivity contribution is -0.116. The minimum Gasteiger partial charge on any atom is -0.287 e. The molecule has 1 aliphatic rings. The Morgan fingerprint density at radius 3 is 2.57 bits per heavy atom. The second-order valence-electron chi connectivity index (χ2n) is 7.08. The van der Waals surface area contributed by atoms with Crippen molar-refractivity contribution in [1.29, 1.82) is 0 Å². The molecular weight excluding hydrogens is 378 g/mol. The molecule has 3 heterocycles. The Labute approximate surface area is 172 Å². The zero-order valence-electron chi connectivity index (χ0n) is 16.4. The van der Waals surface area contributed by atoms with Crippen LogP contribution in [0.4, 0.5) is 5.69 Å². The van der Waals surface area contributed by atoms with Crippen LogP contribution < -0.4 is 4.90 Å². The Hall–Kier alpha value is -4.13. The first-order valence-corrected chi connectivity index (χ1v) is 9.45. The van der Waals surface area contributed by atoms with E-state index in [1.165, 1.54) is 11.8 Å². The van der Waals surface area contributed by atoms with E-state index < -0.39 is 0 Å². The van der Waals surface area contributed by atoms with Crippen molar-refractivity contribution in [2.45, 2.75) is 6.92 Å². The summed E-state index contributed by atoms with van der Waals surface area (Å²) in [5.74, 6) is -0.108. The molecule has 2 aromatic carbocycles. The van der Waals surface area contributed by atoms with Crippen LogP contribution in [0, 0.1) is 0 Å². The number of aryl methyl sites for hydroxylation is 1. The molecule has 0 radical (unpaired) electrons. The number of carbonyl (C=O) groups excluding carboxylic acids is 2. The lowest BCUT2D eigenvalue weighted by Crippen LogP contribution is -2.25. The van der Waals surface area contributed by atoms with Crippen molar-refractivity contribution in [3.8, 4) is 11.3 Å². The van der Waals surface area contributed by atoms with Crippen molar-refractivity contribution in [2.75, 3.05) is 4.90 Å². The second kappa shape index (κ2) is 6.73. The number of carbonyl (C=O) groups is 2. The Balaban J connectivity index is 1.71. The molecular formula is C23H17N5O2. The fourth-order valence-corrected chi connectivity index (χ4v) is 3.74. The third-order valence-corrected chi connectivity index (χ3v) is 5.04. The molecule has 0 N–H and O–H groups in total. The van der Waals surface area contributed by atoms with Gasteiger partial charge in [0.2, 0.25) is 11.7 Å². The van der Waals surface area contributed by atoms with Gasteiger partial charge in [-0.2, -0.15) is 5.10 Å². The molecule has 0 fully saturated rings. The number of hydrogen-bond acceptors (Lipinski definition) is 5. The maximum absolute atomic E-state index is 13.0. The molecule has 30 heavy (non-hydrogen) atoms. The van der Waals surface area contributed by atoms with Gasteiger partial charge in [-0.05, 0) is 18.2 Å². The van der Waals surface area contributed by atoms with Crippen LogP contribution in [-0.2, 0) is 11.8 Å². The summed E-state index contributed by atoms with van der Waals surface area (Å²) in [6.07, 6.45) is 5.20. The highest BCUT2D eigenvalue weighted by atomic mass is 16.2. The van der Waals surface area contributed by atoms with Crippen molar-refractivity contribution in [3.63, 3.8) is 0 Å². The summed E-state index contributed by atoms with van der Waals surface area (Å²) in [6.45, 7) is 1.44. The van der Waals surface area contributed by atoms with E-state index in [0.717, 1.165) is 22.2 Å². The van der Waals surface area contributed by atoms with E-state index in [0.29, 0.717) is 17.1 Å². The Morgan fingerprint density at radius 2 is 1.80 bits per heavy atom. The predicted molar refractivity (Wildman–Crippen MR) is 114 cm³/mol. The van der Waals surface area contributed by atoms with Gasteiger partial charge in [0.1, 0.15) is 5.70 Å². The standard InChI is InChI=1S/C23H17N5O2/c1-14(29)28-19-10-6-4-8-17(19)23(30)20(28)11-21-25-18-9-5-3-7-16(18)22(26-21)15-12-24-27(2)13-15/h3-13H,1-2H3/b20-11+. The minimum absolute atomic E-state index is 0.222. The topological polar surface area (TPSA) is 81.0 Å². The smallest absolute Gasteiger partial charge is 0.228 e. The SMILES string of the molecule is CC(=O)N1/C(=C/c2nc(-c3cnn(C)c3)c3ccccc3n2)C(=O)c2ccccc21. The predicted octanol–water partition coefficient (Wildman–Crippen LogP) is 3.62. The average molecular weight is 395 g/mol. The van der Waals surface area contributed by atoms with Crippen LogP contribution in [0.25, 0.3) is 28.2 Å². The Kier molecular flexibility index (Phi) is 4.03. The number of amides is 1. The monoisotopic (exact) mass is 395 g/mol. The molecule has 4 aromatic rings. The summed E-state index contributed by atoms with van der Waals surface area (Å²) in [6, 6.07) is 14.7. The molecule has 5 rings (SSSR count). The molecule has 0 aliphatic carbocycles. The summed E-state index contributed by atoms with van der Waals surface area (Å²) in [5.41, 5.74) is 3.63. The number of hydrogen-bond donors (Lipinski definition) is 0. The van der Waals surface area contributed by atoms with Crippen molar-refractivity contribution in [3.05, 3.63) is 78.0 Å². The minimum atomic E-state index is -0.243. The molecule has 7 heteroatoms. The molecule has 1 amide bonds. The molecule has 2 aromatic heterocycles. The highest BCUT2D eigenvalue weighted by Gasteiger charge is 2.34. The summed E-state index contributed by atoms with van der Waals surface area (Å²) in [4.78, 5) is 36.1. The molecule has 0 saturated heterocycles. The van der Waals surface area contributed by atoms with E-state index in [-0.39, 0.29) is 17.4 Å². The summed E-state index contributed by atoms with van der Waals surface area (Å²) < 4.78 is 1.71. The first-order chi connectivity index (χ1) is 14.5. The highest BCUT2D eigenvalue weighted by Crippen LogP contribution is 2.35. The van der Waals surface area contributed by atoms with Gasteiger partial charge in [0, 0.05) is 42.8 Å². The van der Waals surface area contributed by atoms with Crippen molar-refractivity contribution >= 4 is 34.4 Å². The molecule has 146 valence electrons. The lowest BCUT2D eigenvalue weighted by Gasteiger charge is -2.15. The maximum Gasteiger partial charge on any atom is 0.228 e. The number of nitrogens with zero attached hydrogens (tertiary/aromatic N) is 5. The van der Waals surface area contributed by atoms with Gasteiger partial charge in [-0.1, -0.05) is 30.3 Å². The summed E-state index contributed by atoms with van der Waals surface area (Å²) >= 11 is 0. The van der Waals surface area contributed by atoms with E-state index in [4.69, 9.17) is 4.98 Å². The zero-order chi connectivity index (χ0) is 20.8.